The average molecular weight is 571 g/mol. The largest absolute Gasteiger partial charge is 0.387 e. The van der Waals surface area contributed by atoms with E-state index in [1.165, 1.54) is 60.5 Å². The Hall–Kier alpha value is -5.00. The van der Waals surface area contributed by atoms with Crippen LogP contribution in [0.4, 0.5) is 0 Å². The Morgan fingerprint density at radius 2 is 1.05 bits per heavy atom. The molecule has 8 rings (SSSR count). The Morgan fingerprint density at radius 3 is 1.70 bits per heavy atom. The van der Waals surface area contributed by atoms with Gasteiger partial charge in [0, 0.05) is 12.7 Å². The van der Waals surface area contributed by atoms with Gasteiger partial charge in [0.15, 0.2) is 0 Å². The van der Waals surface area contributed by atoms with E-state index in [4.69, 9.17) is 0 Å². The molecule has 4 nitrogen and oxygen atoms in total. The molecule has 2 unspecified atom stereocenters. The van der Waals surface area contributed by atoms with Gasteiger partial charge in [-0.1, -0.05) is 121 Å². The molecule has 2 atom stereocenters. The third-order valence-electron chi connectivity index (χ3n) is 8.76. The van der Waals surface area contributed by atoms with Crippen molar-refractivity contribution in [1.29, 1.82) is 0 Å². The van der Waals surface area contributed by atoms with Crippen LogP contribution in [-0.4, -0.2) is 6.54 Å². The molecular weight excluding hydrogens is 536 g/mol. The highest BCUT2D eigenvalue weighted by molar-refractivity contribution is 6.13. The van der Waals surface area contributed by atoms with E-state index < -0.39 is 0 Å². The third kappa shape index (κ3) is 5.10. The van der Waals surface area contributed by atoms with Crippen LogP contribution in [0.15, 0.2) is 152 Å². The number of allylic oxidation sites excluding steroid dienone is 2. The van der Waals surface area contributed by atoms with Crippen LogP contribution >= 0.6 is 0 Å². The first-order valence-electron chi connectivity index (χ1n) is 15.3. The van der Waals surface area contributed by atoms with Crippen molar-refractivity contribution in [3.8, 4) is 11.1 Å². The molecule has 4 heteroatoms. The predicted octanol–water partition coefficient (Wildman–Crippen LogP) is 8.34. The average Bonchev–Trinajstić information content (AvgIpc) is 3.12. The van der Waals surface area contributed by atoms with Crippen LogP contribution < -0.4 is 21.3 Å². The minimum absolute atomic E-state index is 0.0308. The Balaban J connectivity index is 1.30. The lowest BCUT2D eigenvalue weighted by molar-refractivity contribution is 0.203. The van der Waals surface area contributed by atoms with Gasteiger partial charge in [-0.25, -0.2) is 0 Å². The van der Waals surface area contributed by atoms with Gasteiger partial charge in [0.1, 0.15) is 0 Å². The van der Waals surface area contributed by atoms with Gasteiger partial charge < -0.3 is 5.32 Å². The number of benzene rings is 6. The Morgan fingerprint density at radius 1 is 0.477 bits per heavy atom. The zero-order valence-corrected chi connectivity index (χ0v) is 24.4. The summed E-state index contributed by atoms with van der Waals surface area (Å²) < 4.78 is 0. The minimum Gasteiger partial charge on any atom is -0.387 e. The molecule has 0 aliphatic carbocycles. The lowest BCUT2D eigenvalue weighted by Gasteiger charge is -2.40. The fourth-order valence-electron chi connectivity index (χ4n) is 6.60. The van der Waals surface area contributed by atoms with Gasteiger partial charge in [-0.15, -0.1) is 0 Å². The fourth-order valence-corrected chi connectivity index (χ4v) is 6.60. The van der Waals surface area contributed by atoms with E-state index in [1.807, 2.05) is 0 Å². The molecule has 0 bridgehead atoms. The molecule has 6 aromatic rings. The molecule has 0 spiro atoms. The Kier molecular flexibility index (Phi) is 7.01. The number of hydrogen-bond acceptors (Lipinski definition) is 4. The number of rotatable bonds is 5. The Bertz CT molecular complexity index is 1970. The van der Waals surface area contributed by atoms with E-state index in [9.17, 15) is 0 Å². The monoisotopic (exact) mass is 570 g/mol. The van der Waals surface area contributed by atoms with Crippen molar-refractivity contribution in [3.05, 3.63) is 174 Å². The molecule has 1 saturated heterocycles. The van der Waals surface area contributed by atoms with Crippen molar-refractivity contribution in [3.63, 3.8) is 0 Å². The molecule has 214 valence electrons. The maximum atomic E-state index is 3.89. The molecular formula is C40H34N4. The van der Waals surface area contributed by atoms with Gasteiger partial charge >= 0.3 is 0 Å². The van der Waals surface area contributed by atoms with Crippen molar-refractivity contribution >= 4 is 27.1 Å². The van der Waals surface area contributed by atoms with Crippen LogP contribution in [0.3, 0.4) is 0 Å². The summed E-state index contributed by atoms with van der Waals surface area (Å²) in [6, 6.07) is 48.1. The SMILES string of the molecule is C1=CC(c2cc(-c3cc4ccccc4c4ccccc34)cc(C3NC(c4ccccc4)NC(c4ccccc4)N3)c2)=CNC1. The second-order valence-electron chi connectivity index (χ2n) is 11.6. The summed E-state index contributed by atoms with van der Waals surface area (Å²) in [6.45, 7) is 0.847. The Labute approximate surface area is 258 Å². The summed E-state index contributed by atoms with van der Waals surface area (Å²) in [7, 11) is 0. The molecule has 2 aliphatic heterocycles. The molecule has 2 heterocycles. The minimum atomic E-state index is -0.0989. The van der Waals surface area contributed by atoms with Gasteiger partial charge in [-0.2, -0.15) is 0 Å². The van der Waals surface area contributed by atoms with Crippen molar-refractivity contribution in [2.24, 2.45) is 0 Å². The summed E-state index contributed by atoms with van der Waals surface area (Å²) in [6.07, 6.45) is 6.38. The maximum Gasteiger partial charge on any atom is 0.0865 e. The predicted molar refractivity (Wildman–Crippen MR) is 183 cm³/mol. The fraction of sp³-hybridized carbons (Fsp3) is 0.100. The molecule has 1 fully saturated rings. The molecule has 6 aromatic carbocycles. The quantitative estimate of drug-likeness (QED) is 0.157. The molecule has 0 saturated carbocycles. The lowest BCUT2D eigenvalue weighted by Crippen LogP contribution is -2.54. The highest BCUT2D eigenvalue weighted by atomic mass is 15.4. The molecule has 0 amide bonds. The van der Waals surface area contributed by atoms with E-state index in [0.717, 1.165) is 6.54 Å². The van der Waals surface area contributed by atoms with Crippen molar-refractivity contribution < 1.29 is 0 Å². The van der Waals surface area contributed by atoms with Crippen molar-refractivity contribution in [1.82, 2.24) is 21.3 Å². The summed E-state index contributed by atoms with van der Waals surface area (Å²) in [5.41, 5.74) is 8.42. The first-order valence-corrected chi connectivity index (χ1v) is 15.3. The van der Waals surface area contributed by atoms with Crippen LogP contribution in [0, 0.1) is 0 Å². The summed E-state index contributed by atoms with van der Waals surface area (Å²) in [4.78, 5) is 0. The zero-order valence-electron chi connectivity index (χ0n) is 24.4. The van der Waals surface area contributed by atoms with Crippen molar-refractivity contribution in [2.45, 2.75) is 18.5 Å². The van der Waals surface area contributed by atoms with Crippen LogP contribution in [0.25, 0.3) is 38.2 Å². The van der Waals surface area contributed by atoms with Gasteiger partial charge in [-0.05, 0) is 84.8 Å². The van der Waals surface area contributed by atoms with E-state index in [2.05, 4.69) is 173 Å². The second-order valence-corrected chi connectivity index (χ2v) is 11.6. The van der Waals surface area contributed by atoms with Gasteiger partial charge in [0.25, 0.3) is 0 Å². The van der Waals surface area contributed by atoms with Crippen LogP contribution in [0.2, 0.25) is 0 Å². The number of fused-ring (bicyclic) bond motifs is 3. The summed E-state index contributed by atoms with van der Waals surface area (Å²) in [5.74, 6) is 0. The summed E-state index contributed by atoms with van der Waals surface area (Å²) >= 11 is 0. The van der Waals surface area contributed by atoms with Gasteiger partial charge in [0.05, 0.1) is 18.5 Å². The number of hydrogen-bond donors (Lipinski definition) is 4. The van der Waals surface area contributed by atoms with E-state index in [0.29, 0.717) is 0 Å². The first kappa shape index (κ1) is 26.6. The highest BCUT2D eigenvalue weighted by Crippen LogP contribution is 2.38. The zero-order chi connectivity index (χ0) is 29.3. The smallest absolute Gasteiger partial charge is 0.0865 e. The van der Waals surface area contributed by atoms with Gasteiger partial charge in [-0.3, -0.25) is 16.0 Å². The lowest BCUT2D eigenvalue weighted by atomic mass is 9.89. The highest BCUT2D eigenvalue weighted by Gasteiger charge is 2.30. The molecule has 0 aromatic heterocycles. The second kappa shape index (κ2) is 11.6. The van der Waals surface area contributed by atoms with Crippen LogP contribution in [0.5, 0.6) is 0 Å². The number of dihydropyridines is 1. The van der Waals surface area contributed by atoms with E-state index in [1.54, 1.807) is 0 Å². The molecule has 0 radical (unpaired) electrons. The molecule has 44 heavy (non-hydrogen) atoms. The topological polar surface area (TPSA) is 48.1 Å². The summed E-state index contributed by atoms with van der Waals surface area (Å²) in [5, 5.41) is 20.0. The van der Waals surface area contributed by atoms with Crippen LogP contribution in [0.1, 0.15) is 40.8 Å². The molecule has 4 N–H and O–H groups in total. The van der Waals surface area contributed by atoms with Crippen molar-refractivity contribution in [2.75, 3.05) is 6.54 Å². The van der Waals surface area contributed by atoms with Gasteiger partial charge in [0.2, 0.25) is 0 Å². The maximum absolute atomic E-state index is 3.89. The van der Waals surface area contributed by atoms with E-state index in [-0.39, 0.29) is 18.5 Å². The molecule has 2 aliphatic rings. The number of nitrogens with one attached hydrogen (secondary N) is 4. The van der Waals surface area contributed by atoms with Crippen LogP contribution in [-0.2, 0) is 0 Å². The normalized spacial score (nSPS) is 19.9. The standard InChI is InChI=1S/C40H34N4/c1-3-12-27(13-4-1)38-42-39(28-14-5-2-6-15-28)44-40(43-38)33-23-31(30-17-11-21-41-26-30)22-32(24-33)37-25-29-16-7-8-18-34(29)35-19-9-10-20-36(35)37/h1-20,22-26,38-44H,21H2. The first-order chi connectivity index (χ1) is 21.8. The third-order valence-corrected chi connectivity index (χ3v) is 8.76. The van der Waals surface area contributed by atoms with E-state index >= 15 is 0 Å².